The summed E-state index contributed by atoms with van der Waals surface area (Å²) in [5, 5.41) is 9.44. The van der Waals surface area contributed by atoms with Crippen LogP contribution in [0.1, 0.15) is 11.1 Å². The van der Waals surface area contributed by atoms with E-state index >= 15 is 0 Å². The van der Waals surface area contributed by atoms with Crippen molar-refractivity contribution in [3.63, 3.8) is 0 Å². The topological polar surface area (TPSA) is 66.2 Å². The highest BCUT2D eigenvalue weighted by Gasteiger charge is 2.30. The first-order valence-corrected chi connectivity index (χ1v) is 10.3. The summed E-state index contributed by atoms with van der Waals surface area (Å²) in [5.74, 6) is -0.105. The third-order valence-electron chi connectivity index (χ3n) is 5.15. The molecular formula is C21H18BrF3N2O4. The normalized spacial score (nSPS) is 15.4. The van der Waals surface area contributed by atoms with E-state index in [4.69, 9.17) is 9.52 Å². The van der Waals surface area contributed by atoms with E-state index < -0.39 is 17.9 Å². The Kier molecular flexibility index (Phi) is 5.85. The fourth-order valence-electron chi connectivity index (χ4n) is 3.67. The average Bonchev–Trinajstić information content (AvgIpc) is 3.11. The number of nitrogens with zero attached hydrogens (tertiary/aromatic N) is 2. The van der Waals surface area contributed by atoms with Crippen molar-refractivity contribution < 1.29 is 32.2 Å². The number of rotatable bonds is 4. The Hall–Kier alpha value is -2.72. The molecule has 0 unspecified atom stereocenters. The largest absolute Gasteiger partial charge is 0.513 e. The van der Waals surface area contributed by atoms with E-state index in [2.05, 4.69) is 30.5 Å². The molecule has 1 fully saturated rings. The van der Waals surface area contributed by atoms with Gasteiger partial charge in [-0.25, -0.2) is 4.79 Å². The molecule has 0 atom stereocenters. The number of fused-ring (bicyclic) bond motifs is 1. The molecule has 0 aliphatic carbocycles. The second-order valence-electron chi connectivity index (χ2n) is 7.21. The van der Waals surface area contributed by atoms with Crippen LogP contribution >= 0.6 is 15.9 Å². The van der Waals surface area contributed by atoms with E-state index in [-0.39, 0.29) is 5.95 Å². The molecular weight excluding hydrogens is 481 g/mol. The molecule has 2 heterocycles. The van der Waals surface area contributed by atoms with Crippen LogP contribution in [0, 0.1) is 0 Å². The van der Waals surface area contributed by atoms with Crippen molar-refractivity contribution in [2.24, 2.45) is 0 Å². The number of furan rings is 1. The average molecular weight is 499 g/mol. The van der Waals surface area contributed by atoms with Crippen molar-refractivity contribution in [2.75, 3.05) is 31.1 Å². The molecule has 10 heteroatoms. The summed E-state index contributed by atoms with van der Waals surface area (Å²) in [6, 6.07) is 10.6. The first-order valence-electron chi connectivity index (χ1n) is 9.47. The summed E-state index contributed by atoms with van der Waals surface area (Å²) in [7, 11) is 0. The molecule has 1 N–H and O–H groups in total. The summed E-state index contributed by atoms with van der Waals surface area (Å²) in [5.41, 5.74) is 1.42. The Morgan fingerprint density at radius 1 is 1.13 bits per heavy atom. The van der Waals surface area contributed by atoms with Gasteiger partial charge in [0.1, 0.15) is 5.58 Å². The third kappa shape index (κ3) is 4.80. The van der Waals surface area contributed by atoms with Gasteiger partial charge >= 0.3 is 12.3 Å². The van der Waals surface area contributed by atoms with Crippen LogP contribution in [0.2, 0.25) is 0 Å². The van der Waals surface area contributed by atoms with Crippen molar-refractivity contribution in [1.29, 1.82) is 0 Å². The number of carbonyl (C=O) groups is 1. The van der Waals surface area contributed by atoms with Crippen LogP contribution in [-0.4, -0.2) is 42.3 Å². The van der Waals surface area contributed by atoms with E-state index in [0.717, 1.165) is 16.2 Å². The Labute approximate surface area is 183 Å². The number of alkyl halides is 3. The van der Waals surface area contributed by atoms with Crippen LogP contribution in [0.5, 0.6) is 5.95 Å². The molecule has 0 radical (unpaired) electrons. The highest BCUT2D eigenvalue weighted by Crippen LogP contribution is 2.38. The van der Waals surface area contributed by atoms with Crippen LogP contribution in [0.15, 0.2) is 51.4 Å². The minimum Gasteiger partial charge on any atom is -0.449 e. The van der Waals surface area contributed by atoms with Crippen molar-refractivity contribution in [3.05, 3.63) is 58.1 Å². The molecule has 1 saturated heterocycles. The lowest BCUT2D eigenvalue weighted by Gasteiger charge is -2.36. The van der Waals surface area contributed by atoms with Gasteiger partial charge in [0.25, 0.3) is 5.95 Å². The first-order chi connectivity index (χ1) is 14.7. The summed E-state index contributed by atoms with van der Waals surface area (Å²) in [6.45, 7) is 3.23. The Bertz CT molecular complexity index is 1110. The van der Waals surface area contributed by atoms with Gasteiger partial charge in [0.05, 0.1) is 15.7 Å². The number of anilines is 1. The number of carboxylic acid groups (broad SMARTS) is 1. The summed E-state index contributed by atoms with van der Waals surface area (Å²) in [6.07, 6.45) is -5.80. The van der Waals surface area contributed by atoms with Crippen LogP contribution in [-0.2, 0) is 12.7 Å². The summed E-state index contributed by atoms with van der Waals surface area (Å²) < 4.78 is 49.5. The zero-order valence-corrected chi connectivity index (χ0v) is 17.7. The van der Waals surface area contributed by atoms with Crippen molar-refractivity contribution in [3.8, 4) is 5.95 Å². The van der Waals surface area contributed by atoms with Gasteiger partial charge in [0.2, 0.25) is 0 Å². The van der Waals surface area contributed by atoms with Gasteiger partial charge in [-0.15, -0.1) is 0 Å². The molecule has 2 aromatic carbocycles. The number of ether oxygens (including phenoxy) is 1. The monoisotopic (exact) mass is 498 g/mol. The molecule has 164 valence electrons. The quantitative estimate of drug-likeness (QED) is 0.472. The lowest BCUT2D eigenvalue weighted by Crippen LogP contribution is -2.46. The van der Waals surface area contributed by atoms with E-state index in [9.17, 15) is 18.0 Å². The van der Waals surface area contributed by atoms with Gasteiger partial charge in [-0.3, -0.25) is 4.90 Å². The lowest BCUT2D eigenvalue weighted by atomic mass is 10.1. The van der Waals surface area contributed by atoms with E-state index in [1.807, 2.05) is 6.07 Å². The van der Waals surface area contributed by atoms with E-state index in [1.165, 1.54) is 18.2 Å². The van der Waals surface area contributed by atoms with Crippen molar-refractivity contribution in [2.45, 2.75) is 12.7 Å². The summed E-state index contributed by atoms with van der Waals surface area (Å²) >= 11 is 3.57. The van der Waals surface area contributed by atoms with Gasteiger partial charge in [0, 0.05) is 44.2 Å². The number of halogens is 4. The smallest absolute Gasteiger partial charge is 0.449 e. The van der Waals surface area contributed by atoms with Gasteiger partial charge in [-0.1, -0.05) is 18.2 Å². The van der Waals surface area contributed by atoms with Crippen LogP contribution in [0.3, 0.4) is 0 Å². The Balaban J connectivity index is 1.43. The van der Waals surface area contributed by atoms with Crippen molar-refractivity contribution >= 4 is 38.7 Å². The maximum atomic E-state index is 12.9. The fraction of sp³-hybridized carbons (Fsp3) is 0.286. The number of benzene rings is 2. The van der Waals surface area contributed by atoms with Gasteiger partial charge in [-0.05, 0) is 39.7 Å². The van der Waals surface area contributed by atoms with E-state index in [1.54, 1.807) is 12.1 Å². The summed E-state index contributed by atoms with van der Waals surface area (Å²) in [4.78, 5) is 15.0. The van der Waals surface area contributed by atoms with E-state index in [0.29, 0.717) is 49.3 Å². The molecule has 0 spiro atoms. The molecule has 1 aliphatic rings. The Morgan fingerprint density at radius 3 is 2.55 bits per heavy atom. The van der Waals surface area contributed by atoms with Crippen molar-refractivity contribution in [1.82, 2.24) is 4.90 Å². The minimum atomic E-state index is -4.35. The molecule has 4 rings (SSSR count). The maximum Gasteiger partial charge on any atom is 0.513 e. The third-order valence-corrected chi connectivity index (χ3v) is 5.99. The van der Waals surface area contributed by atoms with Gasteiger partial charge < -0.3 is 19.2 Å². The van der Waals surface area contributed by atoms with Crippen LogP contribution in [0.4, 0.5) is 23.7 Å². The highest BCUT2D eigenvalue weighted by molar-refractivity contribution is 9.10. The molecule has 31 heavy (non-hydrogen) atoms. The molecule has 3 aromatic rings. The highest BCUT2D eigenvalue weighted by atomic mass is 79.9. The number of piperazine rings is 1. The first kappa shape index (κ1) is 21.5. The molecule has 0 amide bonds. The molecule has 6 nitrogen and oxygen atoms in total. The van der Waals surface area contributed by atoms with Gasteiger partial charge in [0.15, 0.2) is 0 Å². The second-order valence-corrected chi connectivity index (χ2v) is 8.00. The predicted octanol–water partition coefficient (Wildman–Crippen LogP) is 5.59. The number of hydrogen-bond donors (Lipinski definition) is 1. The lowest BCUT2D eigenvalue weighted by molar-refractivity contribution is -0.137. The second kappa shape index (κ2) is 8.43. The fourth-order valence-corrected chi connectivity index (χ4v) is 4.37. The SMILES string of the molecule is O=C(O)Oc1cc2c(Br)c(N3CCN(Cc4cccc(C(F)(F)F)c4)CC3)ccc2o1. The molecule has 0 saturated carbocycles. The molecule has 1 aliphatic heterocycles. The molecule has 0 bridgehead atoms. The maximum absolute atomic E-state index is 12.9. The minimum absolute atomic E-state index is 0.105. The zero-order chi connectivity index (χ0) is 22.2. The zero-order valence-electron chi connectivity index (χ0n) is 16.2. The van der Waals surface area contributed by atoms with Crippen LogP contribution in [0.25, 0.3) is 11.0 Å². The standard InChI is InChI=1S/C21H18BrF3N2O4/c22-19-15-11-18(31-20(28)29)30-17(15)5-4-16(19)27-8-6-26(7-9-27)12-13-2-1-3-14(10-13)21(23,24)25/h1-5,10-11H,6-9,12H2,(H,28,29). The number of hydrogen-bond acceptors (Lipinski definition) is 5. The molecule has 1 aromatic heterocycles. The Morgan fingerprint density at radius 2 is 1.87 bits per heavy atom. The van der Waals surface area contributed by atoms with Gasteiger partial charge in [-0.2, -0.15) is 13.2 Å². The predicted molar refractivity (Wildman–Crippen MR) is 112 cm³/mol. The van der Waals surface area contributed by atoms with Crippen LogP contribution < -0.4 is 9.64 Å².